The van der Waals surface area contributed by atoms with Gasteiger partial charge in [-0.15, -0.1) is 0 Å². The van der Waals surface area contributed by atoms with Crippen LogP contribution in [0.2, 0.25) is 5.15 Å². The van der Waals surface area contributed by atoms with Gasteiger partial charge >= 0.3 is 5.69 Å². The lowest BCUT2D eigenvalue weighted by Crippen LogP contribution is -2.00. The van der Waals surface area contributed by atoms with Gasteiger partial charge in [0.2, 0.25) is 5.15 Å². The van der Waals surface area contributed by atoms with Crippen LogP contribution in [0.1, 0.15) is 20.3 Å². The molecule has 7 heteroatoms. The minimum absolute atomic E-state index is 0.110. The molecule has 82 valence electrons. The van der Waals surface area contributed by atoms with Crippen LogP contribution in [0.25, 0.3) is 0 Å². The van der Waals surface area contributed by atoms with Crippen LogP contribution in [0.4, 0.5) is 5.69 Å². The highest BCUT2D eigenvalue weighted by molar-refractivity contribution is 8.00. The van der Waals surface area contributed by atoms with Crippen molar-refractivity contribution in [3.8, 4) is 0 Å². The molecule has 0 bridgehead atoms. The molecule has 0 amide bonds. The summed E-state index contributed by atoms with van der Waals surface area (Å²) >= 11 is 6.98. The topological polar surface area (TPSA) is 68.9 Å². The Morgan fingerprint density at radius 1 is 1.67 bits per heavy atom. The number of nitro groups is 1. The molecule has 1 aromatic rings. The van der Waals surface area contributed by atoms with E-state index in [-0.39, 0.29) is 16.1 Å². The number of nitrogens with zero attached hydrogens (tertiary/aromatic N) is 3. The van der Waals surface area contributed by atoms with Gasteiger partial charge < -0.3 is 0 Å². The van der Waals surface area contributed by atoms with Crippen LogP contribution in [0.5, 0.6) is 0 Å². The maximum atomic E-state index is 10.7. The summed E-state index contributed by atoms with van der Waals surface area (Å²) in [6, 6.07) is 0. The van der Waals surface area contributed by atoms with Crippen molar-refractivity contribution in [1.82, 2.24) is 9.97 Å². The summed E-state index contributed by atoms with van der Waals surface area (Å²) in [4.78, 5) is 17.7. The van der Waals surface area contributed by atoms with Gasteiger partial charge in [0.25, 0.3) is 0 Å². The van der Waals surface area contributed by atoms with Gasteiger partial charge in [-0.1, -0.05) is 37.2 Å². The Labute approximate surface area is 96.4 Å². The maximum absolute atomic E-state index is 10.7. The summed E-state index contributed by atoms with van der Waals surface area (Å²) in [5.74, 6) is 0. The van der Waals surface area contributed by atoms with E-state index in [1.807, 2.05) is 13.8 Å². The fraction of sp³-hybridized carbons (Fsp3) is 0.500. The van der Waals surface area contributed by atoms with Gasteiger partial charge in [-0.25, -0.2) is 9.97 Å². The second-order valence-corrected chi connectivity index (χ2v) is 4.70. The molecule has 1 aromatic heterocycles. The number of hydrogen-bond donors (Lipinski definition) is 0. The number of aromatic nitrogens is 2. The summed E-state index contributed by atoms with van der Waals surface area (Å²) < 4.78 is 0. The number of thioether (sulfide) groups is 1. The molecule has 1 rings (SSSR count). The zero-order valence-electron chi connectivity index (χ0n) is 8.31. The van der Waals surface area contributed by atoms with Gasteiger partial charge in [-0.2, -0.15) is 0 Å². The van der Waals surface area contributed by atoms with Crippen molar-refractivity contribution < 1.29 is 4.92 Å². The molecule has 0 aliphatic rings. The summed E-state index contributed by atoms with van der Waals surface area (Å²) in [6.45, 7) is 3.98. The number of halogens is 1. The quantitative estimate of drug-likeness (QED) is 0.354. The summed E-state index contributed by atoms with van der Waals surface area (Å²) in [5, 5.41) is 11.2. The molecular formula is C8H10ClN3O2S. The van der Waals surface area contributed by atoms with Crippen LogP contribution in [-0.2, 0) is 0 Å². The van der Waals surface area contributed by atoms with Gasteiger partial charge in [0.1, 0.15) is 6.33 Å². The van der Waals surface area contributed by atoms with Crippen molar-refractivity contribution in [2.45, 2.75) is 30.5 Å². The fourth-order valence-electron chi connectivity index (χ4n) is 0.856. The van der Waals surface area contributed by atoms with Gasteiger partial charge in [0.15, 0.2) is 5.03 Å². The molecule has 0 N–H and O–H groups in total. The molecule has 0 spiro atoms. The van der Waals surface area contributed by atoms with Crippen LogP contribution >= 0.6 is 23.4 Å². The molecule has 0 aliphatic carbocycles. The molecule has 1 atom stereocenters. The number of hydrogen-bond acceptors (Lipinski definition) is 5. The van der Waals surface area contributed by atoms with E-state index in [1.54, 1.807) is 0 Å². The number of rotatable bonds is 4. The third kappa shape index (κ3) is 3.04. The van der Waals surface area contributed by atoms with E-state index in [2.05, 4.69) is 9.97 Å². The first kappa shape index (κ1) is 12.2. The Kier molecular flexibility index (Phi) is 4.28. The highest BCUT2D eigenvalue weighted by Gasteiger charge is 2.22. The lowest BCUT2D eigenvalue weighted by Gasteiger charge is -2.07. The van der Waals surface area contributed by atoms with Gasteiger partial charge in [-0.05, 0) is 6.42 Å². The van der Waals surface area contributed by atoms with Crippen molar-refractivity contribution in [3.05, 3.63) is 21.6 Å². The Bertz CT molecular complexity index is 375. The molecule has 1 heterocycles. The molecule has 15 heavy (non-hydrogen) atoms. The zero-order chi connectivity index (χ0) is 11.4. The molecule has 0 aromatic carbocycles. The molecule has 0 radical (unpaired) electrons. The zero-order valence-corrected chi connectivity index (χ0v) is 9.88. The van der Waals surface area contributed by atoms with Gasteiger partial charge in [0.05, 0.1) is 4.92 Å². The lowest BCUT2D eigenvalue weighted by molar-refractivity contribution is -0.388. The van der Waals surface area contributed by atoms with Crippen LogP contribution in [0.3, 0.4) is 0 Å². The lowest BCUT2D eigenvalue weighted by atomic mass is 10.4. The first-order chi connectivity index (χ1) is 7.06. The predicted octanol–water partition coefficient (Wildman–Crippen LogP) is 2.93. The molecule has 0 aliphatic heterocycles. The first-order valence-electron chi connectivity index (χ1n) is 4.37. The first-order valence-corrected chi connectivity index (χ1v) is 5.63. The van der Waals surface area contributed by atoms with Crippen LogP contribution in [0, 0.1) is 10.1 Å². The standard InChI is InChI=1S/C8H10ClN3O2S/c1-3-5(2)15-8-6(12(13)14)7(9)10-4-11-8/h4-5H,3H2,1-2H3. The van der Waals surface area contributed by atoms with E-state index in [0.717, 1.165) is 6.42 Å². The van der Waals surface area contributed by atoms with E-state index in [0.29, 0.717) is 5.03 Å². The normalized spacial score (nSPS) is 12.5. The van der Waals surface area contributed by atoms with E-state index < -0.39 is 4.92 Å². The third-order valence-corrected chi connectivity index (χ3v) is 3.35. The van der Waals surface area contributed by atoms with E-state index in [1.165, 1.54) is 18.1 Å². The van der Waals surface area contributed by atoms with E-state index >= 15 is 0 Å². The minimum Gasteiger partial charge on any atom is -0.258 e. The minimum atomic E-state index is -0.549. The SMILES string of the molecule is CCC(C)Sc1ncnc(Cl)c1[N+](=O)[O-]. The van der Waals surface area contributed by atoms with Gasteiger partial charge in [-0.3, -0.25) is 10.1 Å². The second-order valence-electron chi connectivity index (χ2n) is 2.91. The molecular weight excluding hydrogens is 238 g/mol. The second kappa shape index (κ2) is 5.27. The van der Waals surface area contributed by atoms with E-state index in [4.69, 9.17) is 11.6 Å². The van der Waals surface area contributed by atoms with Crippen LogP contribution in [-0.4, -0.2) is 20.1 Å². The Balaban J connectivity index is 3.06. The third-order valence-electron chi connectivity index (χ3n) is 1.81. The van der Waals surface area contributed by atoms with Crippen molar-refractivity contribution in [2.75, 3.05) is 0 Å². The monoisotopic (exact) mass is 247 g/mol. The van der Waals surface area contributed by atoms with Crippen molar-refractivity contribution in [1.29, 1.82) is 0 Å². The fourth-order valence-corrected chi connectivity index (χ4v) is 2.05. The average Bonchev–Trinajstić information content (AvgIpc) is 2.17. The van der Waals surface area contributed by atoms with E-state index in [9.17, 15) is 10.1 Å². The van der Waals surface area contributed by atoms with Gasteiger partial charge in [0, 0.05) is 5.25 Å². The Morgan fingerprint density at radius 2 is 2.33 bits per heavy atom. The smallest absolute Gasteiger partial charge is 0.258 e. The average molecular weight is 248 g/mol. The largest absolute Gasteiger partial charge is 0.338 e. The van der Waals surface area contributed by atoms with Crippen molar-refractivity contribution in [2.24, 2.45) is 0 Å². The summed E-state index contributed by atoms with van der Waals surface area (Å²) in [6.07, 6.45) is 2.14. The van der Waals surface area contributed by atoms with Crippen molar-refractivity contribution in [3.63, 3.8) is 0 Å². The molecule has 0 saturated carbocycles. The van der Waals surface area contributed by atoms with Crippen LogP contribution < -0.4 is 0 Å². The highest BCUT2D eigenvalue weighted by Crippen LogP contribution is 2.34. The Morgan fingerprint density at radius 3 is 2.87 bits per heavy atom. The predicted molar refractivity (Wildman–Crippen MR) is 59.3 cm³/mol. The molecule has 0 saturated heterocycles. The van der Waals surface area contributed by atoms with Crippen molar-refractivity contribution >= 4 is 29.1 Å². The highest BCUT2D eigenvalue weighted by atomic mass is 35.5. The van der Waals surface area contributed by atoms with Crippen LogP contribution in [0.15, 0.2) is 11.4 Å². The molecule has 5 nitrogen and oxygen atoms in total. The summed E-state index contributed by atoms with van der Waals surface area (Å²) in [5.41, 5.74) is -0.204. The molecule has 0 fully saturated rings. The Hall–Kier alpha value is -0.880. The maximum Gasteiger partial charge on any atom is 0.338 e. The summed E-state index contributed by atoms with van der Waals surface area (Å²) in [7, 11) is 0. The molecule has 1 unspecified atom stereocenters.